The predicted molar refractivity (Wildman–Crippen MR) is 60.8 cm³/mol. The lowest BCUT2D eigenvalue weighted by Gasteiger charge is -2.13. The fourth-order valence-corrected chi connectivity index (χ4v) is 1.32. The highest BCUT2D eigenvalue weighted by Gasteiger charge is 2.05. The normalized spacial score (nSPS) is 12.4. The van der Waals surface area contributed by atoms with Crippen molar-refractivity contribution in [2.45, 2.75) is 13.0 Å². The summed E-state index contributed by atoms with van der Waals surface area (Å²) in [4.78, 5) is 15.3. The van der Waals surface area contributed by atoms with Crippen LogP contribution in [0.4, 0.5) is 0 Å². The van der Waals surface area contributed by atoms with Crippen LogP contribution in [0.3, 0.4) is 0 Å². The van der Waals surface area contributed by atoms with Gasteiger partial charge < -0.3 is 5.73 Å². The molecule has 0 aromatic heterocycles. The number of hydrogen-bond acceptors (Lipinski definition) is 3. The molecular formula is C10H13BrN2O2. The van der Waals surface area contributed by atoms with Crippen LogP contribution < -0.4 is 11.2 Å². The van der Waals surface area contributed by atoms with E-state index >= 15 is 0 Å². The molecule has 1 amide bonds. The van der Waals surface area contributed by atoms with Crippen molar-refractivity contribution in [3.05, 3.63) is 34.3 Å². The molecule has 0 aliphatic rings. The second kappa shape index (κ2) is 5.85. The van der Waals surface area contributed by atoms with Gasteiger partial charge in [0.25, 0.3) is 0 Å². The molecule has 82 valence electrons. The number of carbonyl (C=O) groups excluding carboxylic acids is 1. The van der Waals surface area contributed by atoms with Gasteiger partial charge in [-0.15, -0.1) is 0 Å². The molecule has 0 bridgehead atoms. The summed E-state index contributed by atoms with van der Waals surface area (Å²) in [5, 5.41) is 0. The number of carbonyl (C=O) groups is 1. The van der Waals surface area contributed by atoms with Crippen LogP contribution in [0.1, 0.15) is 18.5 Å². The molecule has 1 unspecified atom stereocenters. The van der Waals surface area contributed by atoms with E-state index in [1.165, 1.54) is 0 Å². The van der Waals surface area contributed by atoms with Gasteiger partial charge in [0.1, 0.15) is 6.61 Å². The third kappa shape index (κ3) is 4.42. The minimum atomic E-state index is -0.495. The Balaban J connectivity index is 2.43. The molecule has 0 saturated carbocycles. The van der Waals surface area contributed by atoms with Crippen LogP contribution in [0, 0.1) is 0 Å². The van der Waals surface area contributed by atoms with E-state index in [-0.39, 0.29) is 12.6 Å². The Morgan fingerprint density at radius 2 is 2.13 bits per heavy atom. The largest absolute Gasteiger partial charge is 0.368 e. The lowest BCUT2D eigenvalue weighted by atomic mass is 10.1. The van der Waals surface area contributed by atoms with Gasteiger partial charge in [0.15, 0.2) is 0 Å². The van der Waals surface area contributed by atoms with E-state index in [1.807, 2.05) is 31.2 Å². The Morgan fingerprint density at radius 1 is 1.53 bits per heavy atom. The van der Waals surface area contributed by atoms with Crippen LogP contribution in [0.2, 0.25) is 0 Å². The van der Waals surface area contributed by atoms with Crippen LogP contribution >= 0.6 is 15.9 Å². The molecule has 1 rings (SSSR count). The molecule has 0 aliphatic carbocycles. The molecule has 15 heavy (non-hydrogen) atoms. The minimum Gasteiger partial charge on any atom is -0.368 e. The maximum atomic E-state index is 10.4. The first-order chi connectivity index (χ1) is 7.09. The van der Waals surface area contributed by atoms with Crippen molar-refractivity contribution in [3.63, 3.8) is 0 Å². The van der Waals surface area contributed by atoms with Crippen LogP contribution in [0.15, 0.2) is 28.7 Å². The van der Waals surface area contributed by atoms with Crippen LogP contribution in [-0.2, 0) is 9.63 Å². The van der Waals surface area contributed by atoms with Crippen molar-refractivity contribution in [2.75, 3.05) is 6.61 Å². The monoisotopic (exact) mass is 272 g/mol. The summed E-state index contributed by atoms with van der Waals surface area (Å²) >= 11 is 3.35. The number of halogens is 1. The molecule has 1 aromatic rings. The summed E-state index contributed by atoms with van der Waals surface area (Å²) in [6, 6.07) is 7.84. The summed E-state index contributed by atoms with van der Waals surface area (Å²) in [5.74, 6) is -0.495. The van der Waals surface area contributed by atoms with Crippen LogP contribution in [0.5, 0.6) is 0 Å². The smallest absolute Gasteiger partial charge is 0.245 e. The zero-order valence-electron chi connectivity index (χ0n) is 8.37. The van der Waals surface area contributed by atoms with E-state index in [0.29, 0.717) is 0 Å². The molecular weight excluding hydrogens is 260 g/mol. The van der Waals surface area contributed by atoms with Crippen molar-refractivity contribution < 1.29 is 9.63 Å². The van der Waals surface area contributed by atoms with Crippen molar-refractivity contribution in [2.24, 2.45) is 5.73 Å². The molecule has 3 N–H and O–H groups in total. The molecule has 0 fully saturated rings. The highest BCUT2D eigenvalue weighted by Crippen LogP contribution is 2.16. The number of benzene rings is 1. The Labute approximate surface area is 96.9 Å². The van der Waals surface area contributed by atoms with Gasteiger partial charge >= 0.3 is 0 Å². The summed E-state index contributed by atoms with van der Waals surface area (Å²) in [5.41, 5.74) is 8.73. The van der Waals surface area contributed by atoms with Crippen molar-refractivity contribution in [1.29, 1.82) is 0 Å². The SMILES string of the molecule is CC(NOCC(N)=O)c1ccc(Br)cc1. The standard InChI is InChI=1S/C10H13BrN2O2/c1-7(13-15-6-10(12)14)8-2-4-9(11)5-3-8/h2-5,7,13H,6H2,1H3,(H2,12,14). The number of nitrogens with two attached hydrogens (primary N) is 1. The molecule has 1 atom stereocenters. The average Bonchev–Trinajstić information content (AvgIpc) is 2.18. The van der Waals surface area contributed by atoms with Gasteiger partial charge in [0.2, 0.25) is 5.91 Å². The first-order valence-corrected chi connectivity index (χ1v) is 5.30. The Hall–Kier alpha value is -0.910. The fraction of sp³-hybridized carbons (Fsp3) is 0.300. The van der Waals surface area contributed by atoms with Crippen molar-refractivity contribution in [3.8, 4) is 0 Å². The Morgan fingerprint density at radius 3 is 2.67 bits per heavy atom. The molecule has 5 heteroatoms. The number of rotatable bonds is 5. The maximum absolute atomic E-state index is 10.4. The number of hydrogen-bond donors (Lipinski definition) is 2. The lowest BCUT2D eigenvalue weighted by molar-refractivity contribution is -0.126. The van der Waals surface area contributed by atoms with E-state index in [9.17, 15) is 4.79 Å². The van der Waals surface area contributed by atoms with Gasteiger partial charge in [-0.05, 0) is 24.6 Å². The minimum absolute atomic E-state index is 0.0115. The summed E-state index contributed by atoms with van der Waals surface area (Å²) in [6.45, 7) is 1.81. The zero-order valence-corrected chi connectivity index (χ0v) is 9.95. The first-order valence-electron chi connectivity index (χ1n) is 4.50. The number of hydroxylamine groups is 1. The molecule has 0 aliphatic heterocycles. The van der Waals surface area contributed by atoms with Gasteiger partial charge in [0.05, 0.1) is 6.04 Å². The van der Waals surface area contributed by atoms with Gasteiger partial charge in [-0.3, -0.25) is 9.63 Å². The quantitative estimate of drug-likeness (QED) is 0.799. The van der Waals surface area contributed by atoms with E-state index in [0.717, 1.165) is 10.0 Å². The number of primary amides is 1. The van der Waals surface area contributed by atoms with E-state index in [4.69, 9.17) is 10.6 Å². The molecule has 0 saturated heterocycles. The van der Waals surface area contributed by atoms with Crippen LogP contribution in [0.25, 0.3) is 0 Å². The Bertz CT molecular complexity index is 327. The number of amides is 1. The van der Waals surface area contributed by atoms with E-state index < -0.39 is 5.91 Å². The van der Waals surface area contributed by atoms with Gasteiger partial charge in [0, 0.05) is 4.47 Å². The summed E-state index contributed by atoms with van der Waals surface area (Å²) in [6.07, 6.45) is 0. The molecule has 4 nitrogen and oxygen atoms in total. The Kier molecular flexibility index (Phi) is 4.74. The van der Waals surface area contributed by atoms with E-state index in [2.05, 4.69) is 21.4 Å². The second-order valence-electron chi connectivity index (χ2n) is 3.15. The van der Waals surface area contributed by atoms with Gasteiger partial charge in [-0.2, -0.15) is 5.48 Å². The predicted octanol–water partition coefficient (Wildman–Crippen LogP) is 1.52. The summed E-state index contributed by atoms with van der Waals surface area (Å²) < 4.78 is 1.02. The van der Waals surface area contributed by atoms with Crippen molar-refractivity contribution in [1.82, 2.24) is 5.48 Å². The number of nitrogens with one attached hydrogen (secondary N) is 1. The molecule has 1 aromatic carbocycles. The maximum Gasteiger partial charge on any atom is 0.245 e. The van der Waals surface area contributed by atoms with Gasteiger partial charge in [-0.1, -0.05) is 28.1 Å². The zero-order chi connectivity index (χ0) is 11.3. The average molecular weight is 273 g/mol. The van der Waals surface area contributed by atoms with Crippen molar-refractivity contribution >= 4 is 21.8 Å². The van der Waals surface area contributed by atoms with E-state index in [1.54, 1.807) is 0 Å². The topological polar surface area (TPSA) is 64.3 Å². The highest BCUT2D eigenvalue weighted by atomic mass is 79.9. The van der Waals surface area contributed by atoms with Crippen LogP contribution in [-0.4, -0.2) is 12.5 Å². The molecule has 0 heterocycles. The first kappa shape index (κ1) is 12.2. The highest BCUT2D eigenvalue weighted by molar-refractivity contribution is 9.10. The second-order valence-corrected chi connectivity index (χ2v) is 4.06. The third-order valence-electron chi connectivity index (χ3n) is 1.84. The lowest BCUT2D eigenvalue weighted by Crippen LogP contribution is -2.26. The molecule has 0 radical (unpaired) electrons. The molecule has 0 spiro atoms. The van der Waals surface area contributed by atoms with Gasteiger partial charge in [-0.25, -0.2) is 0 Å². The fourth-order valence-electron chi connectivity index (χ4n) is 1.06. The third-order valence-corrected chi connectivity index (χ3v) is 2.37. The summed E-state index contributed by atoms with van der Waals surface area (Å²) in [7, 11) is 0.